The predicted octanol–water partition coefficient (Wildman–Crippen LogP) is 4.56. The lowest BCUT2D eigenvalue weighted by atomic mass is 9.94. The number of likely N-dealkylation sites (N-methyl/N-ethyl adjacent to an activating group) is 1. The number of rotatable bonds is 9. The maximum Gasteiger partial charge on any atom is 0.417 e. The molecule has 0 amide bonds. The number of ether oxygens (including phenoxy) is 1. The van der Waals surface area contributed by atoms with Crippen molar-refractivity contribution in [3.05, 3.63) is 83.2 Å². The average molecular weight is 528 g/mol. The molecule has 7 nitrogen and oxygen atoms in total. The van der Waals surface area contributed by atoms with Gasteiger partial charge in [0.2, 0.25) is 5.82 Å². The number of halogens is 4. The van der Waals surface area contributed by atoms with E-state index in [0.717, 1.165) is 6.07 Å². The van der Waals surface area contributed by atoms with Crippen LogP contribution in [0.2, 0.25) is 0 Å². The first-order chi connectivity index (χ1) is 18.1. The van der Waals surface area contributed by atoms with E-state index < -0.39 is 23.5 Å². The van der Waals surface area contributed by atoms with E-state index in [1.54, 1.807) is 18.2 Å². The van der Waals surface area contributed by atoms with E-state index in [1.165, 1.54) is 55.5 Å². The van der Waals surface area contributed by atoms with E-state index in [2.05, 4.69) is 10.1 Å². The first kappa shape index (κ1) is 27.0. The van der Waals surface area contributed by atoms with Gasteiger partial charge in [0, 0.05) is 31.3 Å². The Hall–Kier alpha value is -4.09. The highest BCUT2D eigenvalue weighted by molar-refractivity contribution is 5.74. The van der Waals surface area contributed by atoms with Crippen molar-refractivity contribution < 1.29 is 36.7 Å². The van der Waals surface area contributed by atoms with Crippen molar-refractivity contribution in [2.75, 3.05) is 20.7 Å². The normalized spacial score (nSPS) is 11.8. The maximum atomic E-state index is 15.2. The number of carboxylic acid groups (broad SMARTS) is 1. The Kier molecular flexibility index (Phi) is 7.88. The summed E-state index contributed by atoms with van der Waals surface area (Å²) in [5.74, 6) is -1.93. The van der Waals surface area contributed by atoms with Gasteiger partial charge in [-0.25, -0.2) is 4.39 Å². The van der Waals surface area contributed by atoms with Crippen LogP contribution in [0.4, 0.5) is 17.6 Å². The summed E-state index contributed by atoms with van der Waals surface area (Å²) in [4.78, 5) is 16.5. The quantitative estimate of drug-likeness (QED) is 0.294. The van der Waals surface area contributed by atoms with Crippen LogP contribution in [0.5, 0.6) is 0 Å². The predicted molar refractivity (Wildman–Crippen MR) is 128 cm³/mol. The van der Waals surface area contributed by atoms with Gasteiger partial charge in [0.25, 0.3) is 5.89 Å². The Morgan fingerprint density at radius 1 is 1.03 bits per heavy atom. The van der Waals surface area contributed by atoms with Crippen LogP contribution < -0.4 is 5.11 Å². The number of nitrogens with zero attached hydrogens (tertiary/aromatic N) is 3. The Balaban J connectivity index is 1.68. The Morgan fingerprint density at radius 3 is 2.47 bits per heavy atom. The minimum Gasteiger partial charge on any atom is -0.549 e. The molecule has 4 rings (SSSR count). The number of alkyl halides is 3. The molecule has 0 atom stereocenters. The summed E-state index contributed by atoms with van der Waals surface area (Å²) < 4.78 is 66.6. The molecule has 0 aliphatic heterocycles. The Morgan fingerprint density at radius 2 is 1.76 bits per heavy atom. The summed E-state index contributed by atoms with van der Waals surface area (Å²) in [6, 6.07) is 14.5. The number of methoxy groups -OCH3 is 1. The Labute approximate surface area is 215 Å². The lowest BCUT2D eigenvalue weighted by Gasteiger charge is -2.17. The van der Waals surface area contributed by atoms with Gasteiger partial charge in [-0.05, 0) is 48.0 Å². The van der Waals surface area contributed by atoms with Gasteiger partial charge in [0.15, 0.2) is 0 Å². The molecule has 0 saturated heterocycles. The molecule has 0 radical (unpaired) electrons. The lowest BCUT2D eigenvalue weighted by molar-refractivity contribution is -0.306. The van der Waals surface area contributed by atoms with Gasteiger partial charge in [0.1, 0.15) is 5.82 Å². The fraction of sp³-hybridized carbons (Fsp3) is 0.222. The molecule has 0 saturated carbocycles. The Bertz CT molecular complexity index is 1450. The zero-order valence-corrected chi connectivity index (χ0v) is 20.4. The van der Waals surface area contributed by atoms with Gasteiger partial charge in [-0.2, -0.15) is 18.2 Å². The number of aromatic nitrogens is 2. The molecule has 38 heavy (non-hydrogen) atoms. The van der Waals surface area contributed by atoms with E-state index in [4.69, 9.17) is 9.26 Å². The minimum absolute atomic E-state index is 0.00681. The fourth-order valence-corrected chi connectivity index (χ4v) is 4.12. The van der Waals surface area contributed by atoms with Crippen LogP contribution in [-0.4, -0.2) is 41.7 Å². The highest BCUT2D eigenvalue weighted by Gasteiger charge is 2.33. The van der Waals surface area contributed by atoms with Crippen molar-refractivity contribution in [1.82, 2.24) is 15.0 Å². The fourth-order valence-electron chi connectivity index (χ4n) is 4.12. The number of carbonyl (C=O) groups excluding carboxylic acids is 1. The van der Waals surface area contributed by atoms with Gasteiger partial charge in [-0.1, -0.05) is 41.6 Å². The zero-order chi connectivity index (χ0) is 27.4. The van der Waals surface area contributed by atoms with Gasteiger partial charge in [0.05, 0.1) is 23.7 Å². The molecular weight excluding hydrogens is 506 g/mol. The standard InChI is InChI=1S/C27H23F4N3O4/c1-34(14-23(35)36)13-17-6-5-8-21(24(17)28)25-32-26(38-33-25)16-10-11-19(18(12-16)15-37-2)20-7-3-4-9-22(20)27(29,30)31/h3-12H,13-15H2,1-2H3,(H,35,36)/p-1. The summed E-state index contributed by atoms with van der Waals surface area (Å²) in [5.41, 5.74) is 0.723. The molecule has 0 aliphatic carbocycles. The number of aliphatic carboxylic acids is 1. The summed E-state index contributed by atoms with van der Waals surface area (Å²) >= 11 is 0. The monoisotopic (exact) mass is 528 g/mol. The number of hydrogen-bond donors (Lipinski definition) is 0. The first-order valence-corrected chi connectivity index (χ1v) is 11.4. The smallest absolute Gasteiger partial charge is 0.417 e. The van der Waals surface area contributed by atoms with Crippen LogP contribution >= 0.6 is 0 Å². The van der Waals surface area contributed by atoms with Gasteiger partial charge in [-0.3, -0.25) is 4.90 Å². The number of carboxylic acids is 1. The summed E-state index contributed by atoms with van der Waals surface area (Å²) in [6.45, 7) is -0.338. The van der Waals surface area contributed by atoms with E-state index >= 15 is 4.39 Å². The molecule has 0 spiro atoms. The number of benzene rings is 3. The van der Waals surface area contributed by atoms with Crippen molar-refractivity contribution >= 4 is 5.97 Å². The second-order valence-corrected chi connectivity index (χ2v) is 8.59. The minimum atomic E-state index is -4.54. The number of carbonyl (C=O) groups is 1. The van der Waals surface area contributed by atoms with Crippen molar-refractivity contribution in [3.63, 3.8) is 0 Å². The molecule has 11 heteroatoms. The molecule has 198 valence electrons. The van der Waals surface area contributed by atoms with Crippen molar-refractivity contribution in [2.45, 2.75) is 19.3 Å². The van der Waals surface area contributed by atoms with Crippen LogP contribution in [0.25, 0.3) is 34.0 Å². The van der Waals surface area contributed by atoms with Gasteiger partial charge >= 0.3 is 6.18 Å². The molecular formula is C27H22F4N3O4-. The van der Waals surface area contributed by atoms with Crippen LogP contribution in [-0.2, 0) is 28.9 Å². The molecule has 3 aromatic carbocycles. The third-order valence-corrected chi connectivity index (χ3v) is 5.76. The first-order valence-electron chi connectivity index (χ1n) is 11.4. The molecule has 0 fully saturated rings. The van der Waals surface area contributed by atoms with E-state index in [9.17, 15) is 23.1 Å². The molecule has 0 bridgehead atoms. The van der Waals surface area contributed by atoms with E-state index in [-0.39, 0.29) is 48.1 Å². The average Bonchev–Trinajstić information content (AvgIpc) is 3.35. The summed E-state index contributed by atoms with van der Waals surface area (Å²) in [7, 11) is 2.94. The van der Waals surface area contributed by atoms with Crippen LogP contribution in [0, 0.1) is 5.82 Å². The lowest BCUT2D eigenvalue weighted by Crippen LogP contribution is -2.35. The highest BCUT2D eigenvalue weighted by atomic mass is 19.4. The summed E-state index contributed by atoms with van der Waals surface area (Å²) in [6.07, 6.45) is -4.54. The van der Waals surface area contributed by atoms with Crippen molar-refractivity contribution in [1.29, 1.82) is 0 Å². The topological polar surface area (TPSA) is 91.5 Å². The highest BCUT2D eigenvalue weighted by Crippen LogP contribution is 2.39. The van der Waals surface area contributed by atoms with E-state index in [1.807, 2.05) is 0 Å². The second-order valence-electron chi connectivity index (χ2n) is 8.59. The van der Waals surface area contributed by atoms with Crippen molar-refractivity contribution in [2.24, 2.45) is 0 Å². The van der Waals surface area contributed by atoms with E-state index in [0.29, 0.717) is 16.7 Å². The van der Waals surface area contributed by atoms with Gasteiger partial charge < -0.3 is 19.2 Å². The molecule has 0 aliphatic rings. The molecule has 0 N–H and O–H groups in total. The van der Waals surface area contributed by atoms with Crippen LogP contribution in [0.15, 0.2) is 65.2 Å². The molecule has 1 aromatic heterocycles. The zero-order valence-electron chi connectivity index (χ0n) is 20.4. The van der Waals surface area contributed by atoms with Gasteiger partial charge in [-0.15, -0.1) is 0 Å². The third-order valence-electron chi connectivity index (χ3n) is 5.76. The maximum absolute atomic E-state index is 15.2. The summed E-state index contributed by atoms with van der Waals surface area (Å²) in [5, 5.41) is 14.7. The molecule has 0 unspecified atom stereocenters. The molecule has 1 heterocycles. The third kappa shape index (κ3) is 5.90. The SMILES string of the molecule is COCc1cc(-c2nc(-c3cccc(CN(C)CC(=O)[O-])c3F)no2)ccc1-c1ccccc1C(F)(F)F. The van der Waals surface area contributed by atoms with Crippen LogP contribution in [0.3, 0.4) is 0 Å². The van der Waals surface area contributed by atoms with Crippen molar-refractivity contribution in [3.8, 4) is 34.0 Å². The second kappa shape index (κ2) is 11.1. The van der Waals surface area contributed by atoms with Crippen LogP contribution in [0.1, 0.15) is 16.7 Å². The molecule has 4 aromatic rings. The largest absolute Gasteiger partial charge is 0.549 e. The number of hydrogen-bond acceptors (Lipinski definition) is 7.